The molecule has 1 N–H and O–H groups in total. The minimum atomic E-state index is -0.860. The van der Waals surface area contributed by atoms with Crippen LogP contribution in [-0.2, 0) is 4.79 Å². The molecule has 0 aliphatic carbocycles. The average Bonchev–Trinajstić information content (AvgIpc) is 1.84. The highest BCUT2D eigenvalue weighted by atomic mass is 16.3. The molecule has 0 aliphatic rings. The molecule has 2 heteroatoms. The quantitative estimate of drug-likeness (QED) is 0.561. The zero-order valence-corrected chi connectivity index (χ0v) is 6.01. The second kappa shape index (κ2) is 3.41. The lowest BCUT2D eigenvalue weighted by molar-refractivity contribution is -0.122. The number of aliphatic hydroxyl groups excluding tert-OH is 1. The Balaban J connectivity index is 4.06. The molecular weight excluding hydrogens is 116 g/mol. The number of carbonyl (C=O) groups is 1. The van der Waals surface area contributed by atoms with Crippen LogP contribution in [-0.4, -0.2) is 17.0 Å². The number of rotatable bonds is 2. The first-order valence-electron chi connectivity index (χ1n) is 2.94. The first-order valence-corrected chi connectivity index (χ1v) is 2.94. The first kappa shape index (κ1) is 8.37. The highest BCUT2D eigenvalue weighted by Gasteiger charge is 2.08. The lowest BCUT2D eigenvalue weighted by Gasteiger charge is -2.00. The van der Waals surface area contributed by atoms with E-state index in [0.717, 1.165) is 0 Å². The molecule has 9 heavy (non-hydrogen) atoms. The van der Waals surface area contributed by atoms with Gasteiger partial charge < -0.3 is 5.11 Å². The topological polar surface area (TPSA) is 37.3 Å². The number of allylic oxidation sites excluding steroid dienone is 1. The van der Waals surface area contributed by atoms with Crippen molar-refractivity contribution < 1.29 is 9.90 Å². The maximum atomic E-state index is 10.8. The molecule has 0 saturated carbocycles. The molecule has 52 valence electrons. The van der Waals surface area contributed by atoms with Gasteiger partial charge in [0, 0.05) is 0 Å². The van der Waals surface area contributed by atoms with Crippen LogP contribution in [0.1, 0.15) is 20.8 Å². The number of ketones is 1. The fourth-order valence-electron chi connectivity index (χ4n) is 0.472. The molecule has 0 saturated heterocycles. The van der Waals surface area contributed by atoms with E-state index in [1.165, 1.54) is 6.92 Å². The minimum Gasteiger partial charge on any atom is -0.385 e. The SMILES string of the molecule is C/C=C(\C)C(=O)C(C)O. The third kappa shape index (κ3) is 2.42. The molecule has 1 atom stereocenters. The molecule has 0 fully saturated rings. The summed E-state index contributed by atoms with van der Waals surface area (Å²) in [6.07, 6.45) is 0.830. The molecule has 0 aromatic carbocycles. The normalized spacial score (nSPS) is 15.3. The smallest absolute Gasteiger partial charge is 0.186 e. The van der Waals surface area contributed by atoms with Crippen molar-refractivity contribution in [3.63, 3.8) is 0 Å². The van der Waals surface area contributed by atoms with Crippen LogP contribution >= 0.6 is 0 Å². The number of carbonyl (C=O) groups excluding carboxylic acids is 1. The van der Waals surface area contributed by atoms with Gasteiger partial charge in [-0.1, -0.05) is 6.08 Å². The Morgan fingerprint density at radius 2 is 2.11 bits per heavy atom. The van der Waals surface area contributed by atoms with Crippen molar-refractivity contribution in [2.75, 3.05) is 0 Å². The van der Waals surface area contributed by atoms with Crippen molar-refractivity contribution in [1.29, 1.82) is 0 Å². The van der Waals surface area contributed by atoms with Crippen molar-refractivity contribution in [2.24, 2.45) is 0 Å². The van der Waals surface area contributed by atoms with Crippen LogP contribution in [0.25, 0.3) is 0 Å². The van der Waals surface area contributed by atoms with Crippen LogP contribution in [0.4, 0.5) is 0 Å². The number of aliphatic hydroxyl groups is 1. The van der Waals surface area contributed by atoms with Gasteiger partial charge in [-0.3, -0.25) is 4.79 Å². The summed E-state index contributed by atoms with van der Waals surface area (Å²) in [6, 6.07) is 0. The first-order chi connectivity index (χ1) is 4.09. The summed E-state index contributed by atoms with van der Waals surface area (Å²) in [6.45, 7) is 4.93. The number of hydrogen-bond acceptors (Lipinski definition) is 2. The van der Waals surface area contributed by atoms with E-state index in [1.807, 2.05) is 0 Å². The minimum absolute atomic E-state index is 0.197. The average molecular weight is 128 g/mol. The van der Waals surface area contributed by atoms with Gasteiger partial charge in [-0.05, 0) is 26.3 Å². The van der Waals surface area contributed by atoms with Gasteiger partial charge in [-0.15, -0.1) is 0 Å². The van der Waals surface area contributed by atoms with E-state index in [1.54, 1.807) is 19.9 Å². The van der Waals surface area contributed by atoms with E-state index in [-0.39, 0.29) is 5.78 Å². The predicted molar refractivity (Wildman–Crippen MR) is 36.1 cm³/mol. The van der Waals surface area contributed by atoms with Gasteiger partial charge in [0.25, 0.3) is 0 Å². The summed E-state index contributed by atoms with van der Waals surface area (Å²) in [5.41, 5.74) is 0.616. The standard InChI is InChI=1S/C7H12O2/c1-4-5(2)7(9)6(3)8/h4,6,8H,1-3H3/b5-4+. The zero-order chi connectivity index (χ0) is 7.44. The van der Waals surface area contributed by atoms with Gasteiger partial charge in [0.2, 0.25) is 0 Å². The van der Waals surface area contributed by atoms with Crippen LogP contribution < -0.4 is 0 Å². The highest BCUT2D eigenvalue weighted by Crippen LogP contribution is 1.97. The maximum absolute atomic E-state index is 10.8. The van der Waals surface area contributed by atoms with Gasteiger partial charge in [0.05, 0.1) is 0 Å². The van der Waals surface area contributed by atoms with Crippen molar-refractivity contribution in [3.8, 4) is 0 Å². The molecule has 0 radical (unpaired) electrons. The monoisotopic (exact) mass is 128 g/mol. The molecule has 0 aromatic heterocycles. The van der Waals surface area contributed by atoms with E-state index in [9.17, 15) is 4.79 Å². The Labute approximate surface area is 55.2 Å². The molecular formula is C7H12O2. The van der Waals surface area contributed by atoms with Crippen molar-refractivity contribution in [2.45, 2.75) is 26.9 Å². The van der Waals surface area contributed by atoms with Gasteiger partial charge in [0.15, 0.2) is 5.78 Å². The summed E-state index contributed by atoms with van der Waals surface area (Å²) < 4.78 is 0. The van der Waals surface area contributed by atoms with Crippen molar-refractivity contribution in [3.05, 3.63) is 11.6 Å². The molecule has 1 unspecified atom stereocenters. The third-order valence-electron chi connectivity index (χ3n) is 1.20. The van der Waals surface area contributed by atoms with E-state index in [0.29, 0.717) is 5.57 Å². The van der Waals surface area contributed by atoms with Crippen LogP contribution in [0.3, 0.4) is 0 Å². The van der Waals surface area contributed by atoms with Gasteiger partial charge >= 0.3 is 0 Å². The van der Waals surface area contributed by atoms with Gasteiger partial charge in [0.1, 0.15) is 6.10 Å². The van der Waals surface area contributed by atoms with E-state index in [4.69, 9.17) is 5.11 Å². The maximum Gasteiger partial charge on any atom is 0.186 e. The Bertz CT molecular complexity index is 134. The van der Waals surface area contributed by atoms with Crippen molar-refractivity contribution >= 4 is 5.78 Å². The Kier molecular flexibility index (Phi) is 3.17. The lowest BCUT2D eigenvalue weighted by Crippen LogP contribution is -2.16. The van der Waals surface area contributed by atoms with E-state index < -0.39 is 6.10 Å². The Hall–Kier alpha value is -0.630. The van der Waals surface area contributed by atoms with Crippen LogP contribution in [0, 0.1) is 0 Å². The molecule has 0 spiro atoms. The molecule has 0 aliphatic heterocycles. The van der Waals surface area contributed by atoms with E-state index in [2.05, 4.69) is 0 Å². The van der Waals surface area contributed by atoms with Crippen molar-refractivity contribution in [1.82, 2.24) is 0 Å². The Morgan fingerprint density at radius 1 is 1.67 bits per heavy atom. The number of Topliss-reactive ketones (excluding diaryl/α,β-unsaturated/α-hetero) is 1. The molecule has 0 amide bonds. The summed E-state index contributed by atoms with van der Waals surface area (Å²) in [4.78, 5) is 10.8. The summed E-state index contributed by atoms with van der Waals surface area (Å²) in [5, 5.41) is 8.73. The van der Waals surface area contributed by atoms with Crippen LogP contribution in [0.15, 0.2) is 11.6 Å². The summed E-state index contributed by atoms with van der Waals surface area (Å²) >= 11 is 0. The summed E-state index contributed by atoms with van der Waals surface area (Å²) in [7, 11) is 0. The summed E-state index contributed by atoms with van der Waals surface area (Å²) in [5.74, 6) is -0.197. The fourth-order valence-corrected chi connectivity index (χ4v) is 0.472. The molecule has 0 aromatic rings. The third-order valence-corrected chi connectivity index (χ3v) is 1.20. The zero-order valence-electron chi connectivity index (χ0n) is 6.01. The highest BCUT2D eigenvalue weighted by molar-refractivity contribution is 5.97. The van der Waals surface area contributed by atoms with Gasteiger partial charge in [-0.2, -0.15) is 0 Å². The number of hydrogen-bond donors (Lipinski definition) is 1. The molecule has 0 rings (SSSR count). The lowest BCUT2D eigenvalue weighted by atomic mass is 10.1. The second-order valence-electron chi connectivity index (χ2n) is 2.01. The largest absolute Gasteiger partial charge is 0.385 e. The van der Waals surface area contributed by atoms with Gasteiger partial charge in [-0.25, -0.2) is 0 Å². The Morgan fingerprint density at radius 3 is 2.22 bits per heavy atom. The molecule has 0 bridgehead atoms. The molecule has 2 nitrogen and oxygen atoms in total. The van der Waals surface area contributed by atoms with Crippen LogP contribution in [0.2, 0.25) is 0 Å². The van der Waals surface area contributed by atoms with Crippen LogP contribution in [0.5, 0.6) is 0 Å². The molecule has 0 heterocycles. The van der Waals surface area contributed by atoms with E-state index >= 15 is 0 Å². The fraction of sp³-hybridized carbons (Fsp3) is 0.571. The predicted octanol–water partition coefficient (Wildman–Crippen LogP) is 0.903. The second-order valence-corrected chi connectivity index (χ2v) is 2.01.